The summed E-state index contributed by atoms with van der Waals surface area (Å²) in [5.74, 6) is 0. The number of rotatable bonds is 0. The molecule has 2 aromatic rings. The first-order valence-corrected chi connectivity index (χ1v) is 4.79. The van der Waals surface area contributed by atoms with Crippen LogP contribution in [0.4, 0.5) is 0 Å². The van der Waals surface area contributed by atoms with E-state index in [-0.39, 0.29) is 0 Å². The average molecular weight is 211 g/mol. The molecule has 0 N–H and O–H groups in total. The van der Waals surface area contributed by atoms with Crippen LogP contribution in [0.3, 0.4) is 0 Å². The van der Waals surface area contributed by atoms with Gasteiger partial charge in [-0.1, -0.05) is 41.4 Å². The first kappa shape index (κ1) is 8.86. The Hall–Kier alpha value is -0.720. The van der Waals surface area contributed by atoms with E-state index in [2.05, 4.69) is 6.92 Å². The molecule has 0 bridgehead atoms. The molecule has 0 radical (unpaired) electrons. The van der Waals surface area contributed by atoms with Crippen LogP contribution in [0.5, 0.6) is 0 Å². The third-order valence-corrected chi connectivity index (χ3v) is 2.79. The van der Waals surface area contributed by atoms with Gasteiger partial charge in [-0.3, -0.25) is 0 Å². The van der Waals surface area contributed by atoms with Crippen molar-refractivity contribution >= 4 is 34.0 Å². The lowest BCUT2D eigenvalue weighted by molar-refractivity contribution is 1.53. The highest BCUT2D eigenvalue weighted by Gasteiger charge is 2.04. The van der Waals surface area contributed by atoms with Gasteiger partial charge in [0.05, 0.1) is 0 Å². The van der Waals surface area contributed by atoms with E-state index in [1.54, 1.807) is 0 Å². The van der Waals surface area contributed by atoms with Gasteiger partial charge in [0.25, 0.3) is 0 Å². The maximum Gasteiger partial charge on any atom is 0.0499 e. The highest BCUT2D eigenvalue weighted by molar-refractivity contribution is 6.42. The Bertz CT molecular complexity index is 453. The molecule has 0 heterocycles. The van der Waals surface area contributed by atoms with Gasteiger partial charge in [0.2, 0.25) is 0 Å². The molecule has 0 aliphatic rings. The Kier molecular flexibility index (Phi) is 2.19. The zero-order valence-electron chi connectivity index (χ0n) is 7.14. The second-order valence-electron chi connectivity index (χ2n) is 3.03. The standard InChI is InChI=1S/C11H8Cl2/c1-7-5-6-10(13)11-8(7)3-2-4-9(11)12/h2-6H,1H3. The van der Waals surface area contributed by atoms with Crippen molar-refractivity contribution in [2.45, 2.75) is 6.92 Å². The van der Waals surface area contributed by atoms with E-state index in [0.29, 0.717) is 10.0 Å². The van der Waals surface area contributed by atoms with Gasteiger partial charge < -0.3 is 0 Å². The molecular formula is C11H8Cl2. The number of hydrogen-bond donors (Lipinski definition) is 0. The summed E-state index contributed by atoms with van der Waals surface area (Å²) in [7, 11) is 0. The van der Waals surface area contributed by atoms with Crippen molar-refractivity contribution in [3.8, 4) is 0 Å². The Labute approximate surface area is 87.1 Å². The van der Waals surface area contributed by atoms with Crippen LogP contribution >= 0.6 is 23.2 Å². The molecule has 0 saturated heterocycles. The van der Waals surface area contributed by atoms with E-state index < -0.39 is 0 Å². The summed E-state index contributed by atoms with van der Waals surface area (Å²) in [6.07, 6.45) is 0. The fraction of sp³-hybridized carbons (Fsp3) is 0.0909. The van der Waals surface area contributed by atoms with Crippen molar-refractivity contribution in [3.63, 3.8) is 0 Å². The fourth-order valence-electron chi connectivity index (χ4n) is 1.47. The topological polar surface area (TPSA) is 0 Å². The maximum absolute atomic E-state index is 6.05. The molecule has 0 aromatic heterocycles. The third kappa shape index (κ3) is 1.41. The molecular weight excluding hydrogens is 203 g/mol. The zero-order chi connectivity index (χ0) is 9.42. The number of benzene rings is 2. The molecule has 0 unspecified atom stereocenters. The number of hydrogen-bond acceptors (Lipinski definition) is 0. The molecule has 2 rings (SSSR count). The highest BCUT2D eigenvalue weighted by atomic mass is 35.5. The zero-order valence-corrected chi connectivity index (χ0v) is 8.65. The van der Waals surface area contributed by atoms with Gasteiger partial charge in [-0.05, 0) is 30.0 Å². The predicted molar refractivity (Wildman–Crippen MR) is 58.7 cm³/mol. The maximum atomic E-state index is 6.05. The lowest BCUT2D eigenvalue weighted by atomic mass is 10.1. The van der Waals surface area contributed by atoms with E-state index in [1.165, 1.54) is 5.56 Å². The first-order chi connectivity index (χ1) is 6.20. The van der Waals surface area contributed by atoms with E-state index in [4.69, 9.17) is 23.2 Å². The van der Waals surface area contributed by atoms with Crippen LogP contribution in [-0.2, 0) is 0 Å². The Morgan fingerprint density at radius 2 is 1.62 bits per heavy atom. The molecule has 0 spiro atoms. The average Bonchev–Trinajstić information content (AvgIpc) is 2.12. The van der Waals surface area contributed by atoms with Gasteiger partial charge in [-0.25, -0.2) is 0 Å². The van der Waals surface area contributed by atoms with Gasteiger partial charge >= 0.3 is 0 Å². The summed E-state index contributed by atoms with van der Waals surface area (Å²) in [4.78, 5) is 0. The molecule has 0 aliphatic carbocycles. The van der Waals surface area contributed by atoms with E-state index >= 15 is 0 Å². The third-order valence-electron chi connectivity index (χ3n) is 2.16. The summed E-state index contributed by atoms with van der Waals surface area (Å²) in [5, 5.41) is 3.50. The van der Waals surface area contributed by atoms with Gasteiger partial charge in [0.15, 0.2) is 0 Å². The molecule has 66 valence electrons. The van der Waals surface area contributed by atoms with Crippen LogP contribution < -0.4 is 0 Å². The normalized spacial score (nSPS) is 10.7. The Morgan fingerprint density at radius 1 is 0.923 bits per heavy atom. The van der Waals surface area contributed by atoms with Crippen LogP contribution in [0, 0.1) is 6.92 Å². The molecule has 0 amide bonds. The van der Waals surface area contributed by atoms with Gasteiger partial charge in [-0.2, -0.15) is 0 Å². The lowest BCUT2D eigenvalue weighted by Gasteiger charge is -2.05. The summed E-state index contributed by atoms with van der Waals surface area (Å²) in [6, 6.07) is 9.71. The molecule has 0 nitrogen and oxygen atoms in total. The predicted octanol–water partition coefficient (Wildman–Crippen LogP) is 4.46. The minimum atomic E-state index is 0.714. The summed E-state index contributed by atoms with van der Waals surface area (Å²) >= 11 is 12.1. The second kappa shape index (κ2) is 3.21. The van der Waals surface area contributed by atoms with Crippen molar-refractivity contribution in [3.05, 3.63) is 45.9 Å². The smallest absolute Gasteiger partial charge is 0.0499 e. The van der Waals surface area contributed by atoms with Crippen LogP contribution in [0.15, 0.2) is 30.3 Å². The van der Waals surface area contributed by atoms with Gasteiger partial charge in [-0.15, -0.1) is 0 Å². The highest BCUT2D eigenvalue weighted by Crippen LogP contribution is 2.31. The fourth-order valence-corrected chi connectivity index (χ4v) is 2.06. The molecule has 2 aromatic carbocycles. The minimum absolute atomic E-state index is 0.714. The first-order valence-electron chi connectivity index (χ1n) is 4.03. The van der Waals surface area contributed by atoms with E-state index in [9.17, 15) is 0 Å². The van der Waals surface area contributed by atoms with Crippen LogP contribution in [-0.4, -0.2) is 0 Å². The molecule has 0 fully saturated rings. The van der Waals surface area contributed by atoms with Crippen molar-refractivity contribution in [1.29, 1.82) is 0 Å². The van der Waals surface area contributed by atoms with Gasteiger partial charge in [0, 0.05) is 15.4 Å². The summed E-state index contributed by atoms with van der Waals surface area (Å²) in [6.45, 7) is 2.05. The Balaban J connectivity index is 3.00. The number of aryl methyl sites for hydroxylation is 1. The van der Waals surface area contributed by atoms with E-state index in [0.717, 1.165) is 10.8 Å². The van der Waals surface area contributed by atoms with Crippen molar-refractivity contribution in [1.82, 2.24) is 0 Å². The summed E-state index contributed by atoms with van der Waals surface area (Å²) < 4.78 is 0. The Morgan fingerprint density at radius 3 is 2.31 bits per heavy atom. The minimum Gasteiger partial charge on any atom is -0.0836 e. The van der Waals surface area contributed by atoms with Crippen molar-refractivity contribution < 1.29 is 0 Å². The summed E-state index contributed by atoms with van der Waals surface area (Å²) in [5.41, 5.74) is 1.20. The van der Waals surface area contributed by atoms with Crippen LogP contribution in [0.2, 0.25) is 10.0 Å². The van der Waals surface area contributed by atoms with Crippen LogP contribution in [0.1, 0.15) is 5.56 Å². The molecule has 0 saturated carbocycles. The van der Waals surface area contributed by atoms with Crippen molar-refractivity contribution in [2.24, 2.45) is 0 Å². The molecule has 13 heavy (non-hydrogen) atoms. The van der Waals surface area contributed by atoms with E-state index in [1.807, 2.05) is 30.3 Å². The van der Waals surface area contributed by atoms with Crippen molar-refractivity contribution in [2.75, 3.05) is 0 Å². The SMILES string of the molecule is Cc1ccc(Cl)c2c(Cl)cccc12. The van der Waals surface area contributed by atoms with Crippen LogP contribution in [0.25, 0.3) is 10.8 Å². The molecule has 2 heteroatoms. The number of fused-ring (bicyclic) bond motifs is 1. The monoisotopic (exact) mass is 210 g/mol. The quantitative estimate of drug-likeness (QED) is 0.603. The lowest BCUT2D eigenvalue weighted by Crippen LogP contribution is -1.80. The molecule has 0 aliphatic heterocycles. The number of halogens is 2. The second-order valence-corrected chi connectivity index (χ2v) is 3.84. The molecule has 0 atom stereocenters. The largest absolute Gasteiger partial charge is 0.0836 e. The van der Waals surface area contributed by atoms with Gasteiger partial charge in [0.1, 0.15) is 0 Å².